The second kappa shape index (κ2) is 5.21. The van der Waals surface area contributed by atoms with Gasteiger partial charge in [-0.1, -0.05) is 18.2 Å². The van der Waals surface area contributed by atoms with Crippen LogP contribution in [0, 0.1) is 0 Å². The lowest BCUT2D eigenvalue weighted by Crippen LogP contribution is -2.30. The minimum Gasteiger partial charge on any atom is -0.397 e. The van der Waals surface area contributed by atoms with Crippen LogP contribution in [0.4, 0.5) is 5.69 Å². The number of nitrogen functional groups attached to an aromatic ring is 1. The van der Waals surface area contributed by atoms with Crippen molar-refractivity contribution in [1.29, 1.82) is 0 Å². The molecule has 1 amide bonds. The molecular formula is C11H15N3OS. The summed E-state index contributed by atoms with van der Waals surface area (Å²) in [6, 6.07) is 3.61. The molecule has 1 aliphatic rings. The second-order valence-electron chi connectivity index (χ2n) is 3.79. The van der Waals surface area contributed by atoms with Crippen molar-refractivity contribution in [1.82, 2.24) is 10.3 Å². The van der Waals surface area contributed by atoms with Gasteiger partial charge < -0.3 is 11.1 Å². The minimum atomic E-state index is -0.0558. The summed E-state index contributed by atoms with van der Waals surface area (Å²) >= 11 is 1.46. The average molecular weight is 237 g/mol. The Morgan fingerprint density at radius 2 is 2.38 bits per heavy atom. The molecule has 0 spiro atoms. The molecule has 1 aromatic heterocycles. The normalized spacial score (nSPS) is 21.2. The van der Waals surface area contributed by atoms with Gasteiger partial charge in [0.15, 0.2) is 0 Å². The summed E-state index contributed by atoms with van der Waals surface area (Å²) in [5.41, 5.74) is 6.45. The van der Waals surface area contributed by atoms with E-state index in [0.29, 0.717) is 5.69 Å². The summed E-state index contributed by atoms with van der Waals surface area (Å²) in [4.78, 5) is 15.9. The van der Waals surface area contributed by atoms with Gasteiger partial charge in [-0.2, -0.15) is 0 Å². The summed E-state index contributed by atoms with van der Waals surface area (Å²) in [6.45, 7) is 0.785. The zero-order chi connectivity index (χ0) is 11.4. The highest BCUT2D eigenvalue weighted by Crippen LogP contribution is 2.29. The van der Waals surface area contributed by atoms with E-state index in [1.165, 1.54) is 11.8 Å². The molecule has 1 atom stereocenters. The molecule has 0 aromatic carbocycles. The van der Waals surface area contributed by atoms with E-state index in [4.69, 9.17) is 5.73 Å². The lowest BCUT2D eigenvalue weighted by molar-refractivity contribution is -0.120. The largest absolute Gasteiger partial charge is 0.397 e. The number of nitrogens with one attached hydrogen (secondary N) is 1. The molecule has 0 saturated carbocycles. The van der Waals surface area contributed by atoms with Gasteiger partial charge in [0.2, 0.25) is 5.91 Å². The van der Waals surface area contributed by atoms with Gasteiger partial charge in [0.1, 0.15) is 5.03 Å². The summed E-state index contributed by atoms with van der Waals surface area (Å²) in [5.74, 6) is 0.104. The summed E-state index contributed by atoms with van der Waals surface area (Å²) in [6.07, 6.45) is 4.73. The van der Waals surface area contributed by atoms with E-state index in [0.717, 1.165) is 30.8 Å². The molecule has 1 unspecified atom stereocenters. The van der Waals surface area contributed by atoms with E-state index in [-0.39, 0.29) is 11.2 Å². The third kappa shape index (κ3) is 2.66. The number of carbonyl (C=O) groups is 1. The van der Waals surface area contributed by atoms with Crippen molar-refractivity contribution in [3.63, 3.8) is 0 Å². The molecule has 0 bridgehead atoms. The molecule has 4 nitrogen and oxygen atoms in total. The van der Waals surface area contributed by atoms with Gasteiger partial charge >= 0.3 is 0 Å². The van der Waals surface area contributed by atoms with Crippen LogP contribution in [-0.4, -0.2) is 22.7 Å². The fourth-order valence-corrected chi connectivity index (χ4v) is 2.73. The number of hydrogen-bond acceptors (Lipinski definition) is 4. The molecule has 1 aliphatic heterocycles. The SMILES string of the molecule is Nc1cccnc1SC1CCCCNC1=O. The predicted molar refractivity (Wildman–Crippen MR) is 65.2 cm³/mol. The Morgan fingerprint density at radius 3 is 3.19 bits per heavy atom. The Hall–Kier alpha value is -1.23. The Morgan fingerprint density at radius 1 is 1.50 bits per heavy atom. The number of rotatable bonds is 2. The number of carbonyl (C=O) groups excluding carboxylic acids is 1. The Labute approximate surface area is 99.0 Å². The minimum absolute atomic E-state index is 0.0558. The second-order valence-corrected chi connectivity index (χ2v) is 4.98. The third-order valence-electron chi connectivity index (χ3n) is 2.54. The standard InChI is InChI=1S/C11H15N3OS/c12-8-4-3-7-14-11(8)16-9-5-1-2-6-13-10(9)15/h3-4,7,9H,1-2,5-6,12H2,(H,13,15). The number of thioether (sulfide) groups is 1. The molecule has 3 N–H and O–H groups in total. The maximum atomic E-state index is 11.7. The third-order valence-corrected chi connectivity index (χ3v) is 3.84. The van der Waals surface area contributed by atoms with Crippen LogP contribution >= 0.6 is 11.8 Å². The molecule has 0 aliphatic carbocycles. The topological polar surface area (TPSA) is 68.0 Å². The zero-order valence-electron chi connectivity index (χ0n) is 8.98. The van der Waals surface area contributed by atoms with Crippen LogP contribution in [-0.2, 0) is 4.79 Å². The number of nitrogens with two attached hydrogens (primary N) is 1. The van der Waals surface area contributed by atoms with E-state index >= 15 is 0 Å². The van der Waals surface area contributed by atoms with E-state index in [1.54, 1.807) is 12.3 Å². The van der Waals surface area contributed by atoms with Gasteiger partial charge in [-0.3, -0.25) is 4.79 Å². The van der Waals surface area contributed by atoms with E-state index in [9.17, 15) is 4.79 Å². The lowest BCUT2D eigenvalue weighted by Gasteiger charge is -2.12. The smallest absolute Gasteiger partial charge is 0.233 e. The molecule has 1 aromatic rings. The Bertz CT molecular complexity index is 383. The summed E-state index contributed by atoms with van der Waals surface area (Å²) < 4.78 is 0. The number of hydrogen-bond donors (Lipinski definition) is 2. The van der Waals surface area contributed by atoms with Crippen LogP contribution in [0.1, 0.15) is 19.3 Å². The van der Waals surface area contributed by atoms with E-state index in [1.807, 2.05) is 6.07 Å². The van der Waals surface area contributed by atoms with Crippen LogP contribution in [0.3, 0.4) is 0 Å². The van der Waals surface area contributed by atoms with Crippen molar-refractivity contribution in [3.8, 4) is 0 Å². The molecule has 86 valence electrons. The maximum Gasteiger partial charge on any atom is 0.233 e. The Balaban J connectivity index is 2.08. The van der Waals surface area contributed by atoms with Crippen molar-refractivity contribution in [2.45, 2.75) is 29.5 Å². The highest BCUT2D eigenvalue weighted by molar-refractivity contribution is 8.00. The van der Waals surface area contributed by atoms with Gasteiger partial charge in [0.25, 0.3) is 0 Å². The first-order valence-corrected chi connectivity index (χ1v) is 6.30. The van der Waals surface area contributed by atoms with Crippen molar-refractivity contribution in [3.05, 3.63) is 18.3 Å². The van der Waals surface area contributed by atoms with Crippen LogP contribution in [0.15, 0.2) is 23.4 Å². The van der Waals surface area contributed by atoms with E-state index in [2.05, 4.69) is 10.3 Å². The molecule has 1 saturated heterocycles. The number of aromatic nitrogens is 1. The molecule has 2 rings (SSSR count). The van der Waals surface area contributed by atoms with Gasteiger partial charge in [-0.25, -0.2) is 4.98 Å². The maximum absolute atomic E-state index is 11.7. The monoisotopic (exact) mass is 237 g/mol. The zero-order valence-corrected chi connectivity index (χ0v) is 9.80. The molecule has 5 heteroatoms. The van der Waals surface area contributed by atoms with Gasteiger partial charge in [-0.05, 0) is 25.0 Å². The summed E-state index contributed by atoms with van der Waals surface area (Å²) in [5, 5.41) is 3.60. The molecular weight excluding hydrogens is 222 g/mol. The first-order valence-electron chi connectivity index (χ1n) is 5.42. The highest BCUT2D eigenvalue weighted by atomic mass is 32.2. The van der Waals surface area contributed by atoms with Crippen LogP contribution in [0.25, 0.3) is 0 Å². The first kappa shape index (κ1) is 11.3. The van der Waals surface area contributed by atoms with Crippen LogP contribution in [0.5, 0.6) is 0 Å². The fourth-order valence-electron chi connectivity index (χ4n) is 1.66. The molecule has 0 radical (unpaired) electrons. The average Bonchev–Trinajstić information content (AvgIpc) is 2.48. The Kier molecular flexibility index (Phi) is 3.66. The molecule has 16 heavy (non-hydrogen) atoms. The summed E-state index contributed by atoms with van der Waals surface area (Å²) in [7, 11) is 0. The number of amides is 1. The van der Waals surface area contributed by atoms with Crippen molar-refractivity contribution in [2.75, 3.05) is 12.3 Å². The number of pyridine rings is 1. The van der Waals surface area contributed by atoms with Gasteiger partial charge in [0, 0.05) is 12.7 Å². The van der Waals surface area contributed by atoms with Gasteiger partial charge in [0.05, 0.1) is 10.9 Å². The number of nitrogens with zero attached hydrogens (tertiary/aromatic N) is 1. The first-order chi connectivity index (χ1) is 7.77. The van der Waals surface area contributed by atoms with Crippen molar-refractivity contribution in [2.24, 2.45) is 0 Å². The molecule has 1 fully saturated rings. The van der Waals surface area contributed by atoms with Crippen molar-refractivity contribution < 1.29 is 4.79 Å². The van der Waals surface area contributed by atoms with Gasteiger partial charge in [-0.15, -0.1) is 0 Å². The fraction of sp³-hybridized carbons (Fsp3) is 0.455. The van der Waals surface area contributed by atoms with Crippen LogP contribution < -0.4 is 11.1 Å². The quantitative estimate of drug-likeness (QED) is 0.816. The lowest BCUT2D eigenvalue weighted by atomic mass is 10.2. The highest BCUT2D eigenvalue weighted by Gasteiger charge is 2.22. The van der Waals surface area contributed by atoms with Crippen LogP contribution in [0.2, 0.25) is 0 Å². The molecule has 2 heterocycles. The van der Waals surface area contributed by atoms with E-state index < -0.39 is 0 Å². The predicted octanol–water partition coefficient (Wildman–Crippen LogP) is 1.42. The number of anilines is 1. The van der Waals surface area contributed by atoms with Crippen molar-refractivity contribution >= 4 is 23.4 Å².